The maximum absolute atomic E-state index is 5.79. The summed E-state index contributed by atoms with van der Waals surface area (Å²) in [5.41, 5.74) is 1.66. The number of ether oxygens (including phenoxy) is 1. The van der Waals surface area contributed by atoms with Crippen LogP contribution in [0.25, 0.3) is 11.1 Å². The molecule has 2 aromatic rings. The first-order valence-corrected chi connectivity index (χ1v) is 5.25. The lowest BCUT2D eigenvalue weighted by Crippen LogP contribution is -1.90. The van der Waals surface area contributed by atoms with Crippen molar-refractivity contribution in [1.82, 2.24) is 15.2 Å². The number of nitrogens with one attached hydrogen (secondary N) is 1. The summed E-state index contributed by atoms with van der Waals surface area (Å²) in [6.07, 6.45) is 1.67. The Morgan fingerprint density at radius 3 is 2.88 bits per heavy atom. The number of aromatic nitrogens is 3. The smallest absolute Gasteiger partial charge is 0.212 e. The number of hydrogen-bond acceptors (Lipinski definition) is 4. The predicted octanol–water partition coefficient (Wildman–Crippen LogP) is 2.86. The lowest BCUT2D eigenvalue weighted by molar-refractivity contribution is 0.398. The van der Waals surface area contributed by atoms with E-state index in [1.54, 1.807) is 25.4 Å². The van der Waals surface area contributed by atoms with E-state index in [9.17, 15) is 0 Å². The van der Waals surface area contributed by atoms with E-state index in [1.807, 2.05) is 6.07 Å². The summed E-state index contributed by atoms with van der Waals surface area (Å²) in [7, 11) is 1.57. The normalized spacial score (nSPS) is 10.1. The quantitative estimate of drug-likeness (QED) is 0.837. The summed E-state index contributed by atoms with van der Waals surface area (Å²) < 4.78 is 5.50. The van der Waals surface area contributed by atoms with Crippen molar-refractivity contribution in [3.05, 3.63) is 34.2 Å². The molecule has 0 bridgehead atoms. The summed E-state index contributed by atoms with van der Waals surface area (Å²) in [6.45, 7) is 0. The van der Waals surface area contributed by atoms with Crippen LogP contribution in [0.15, 0.2) is 24.4 Å². The van der Waals surface area contributed by atoms with E-state index < -0.39 is 0 Å². The van der Waals surface area contributed by atoms with Gasteiger partial charge in [-0.25, -0.2) is 4.98 Å². The molecule has 0 saturated carbocycles. The van der Waals surface area contributed by atoms with Crippen LogP contribution in [0.5, 0.6) is 5.88 Å². The lowest BCUT2D eigenvalue weighted by Gasteiger charge is -2.03. The van der Waals surface area contributed by atoms with Crippen LogP contribution in [-0.2, 0) is 0 Å². The van der Waals surface area contributed by atoms with Gasteiger partial charge in [0.05, 0.1) is 7.11 Å². The number of hydrogen-bond donors (Lipinski definition) is 1. The maximum atomic E-state index is 5.79. The Morgan fingerprint density at radius 2 is 2.25 bits per heavy atom. The van der Waals surface area contributed by atoms with E-state index in [-0.39, 0.29) is 0 Å². The molecule has 0 aliphatic carbocycles. The molecule has 2 rings (SSSR count). The summed E-state index contributed by atoms with van der Waals surface area (Å²) in [5, 5.41) is 6.82. The standard InChI is InChI=1S/C10H8ClN3OS/c1-15-9-3-2-6(5-12-9)7-4-8(11)13-14-10(7)16/h2-5H,1H3,(H,14,16). The molecular formula is C10H8ClN3OS. The molecule has 4 nitrogen and oxygen atoms in total. The molecule has 0 amide bonds. The van der Waals surface area contributed by atoms with Crippen LogP contribution in [0, 0.1) is 4.64 Å². The molecule has 0 aliphatic rings. The third-order valence-corrected chi connectivity index (χ3v) is 2.53. The summed E-state index contributed by atoms with van der Waals surface area (Å²) in [5.74, 6) is 0.554. The number of pyridine rings is 1. The fourth-order valence-electron chi connectivity index (χ4n) is 1.26. The first-order chi connectivity index (χ1) is 7.70. The van der Waals surface area contributed by atoms with Crippen molar-refractivity contribution >= 4 is 23.8 Å². The van der Waals surface area contributed by atoms with E-state index in [1.165, 1.54) is 0 Å². The van der Waals surface area contributed by atoms with E-state index in [0.717, 1.165) is 11.1 Å². The van der Waals surface area contributed by atoms with E-state index in [0.29, 0.717) is 15.7 Å². The minimum atomic E-state index is 0.361. The molecule has 0 saturated heterocycles. The topological polar surface area (TPSA) is 50.8 Å². The third-order valence-electron chi connectivity index (χ3n) is 2.03. The van der Waals surface area contributed by atoms with Crippen molar-refractivity contribution in [2.45, 2.75) is 0 Å². The van der Waals surface area contributed by atoms with Gasteiger partial charge >= 0.3 is 0 Å². The van der Waals surface area contributed by atoms with Gasteiger partial charge in [0.2, 0.25) is 5.88 Å². The van der Waals surface area contributed by atoms with Crippen molar-refractivity contribution < 1.29 is 4.74 Å². The highest BCUT2D eigenvalue weighted by Gasteiger charge is 2.03. The van der Waals surface area contributed by atoms with Gasteiger partial charge in [0.1, 0.15) is 9.79 Å². The van der Waals surface area contributed by atoms with Crippen LogP contribution >= 0.6 is 23.8 Å². The van der Waals surface area contributed by atoms with Crippen LogP contribution in [0.3, 0.4) is 0 Å². The number of aromatic amines is 1. The molecular weight excluding hydrogens is 246 g/mol. The molecule has 0 unspecified atom stereocenters. The van der Waals surface area contributed by atoms with Crippen molar-refractivity contribution in [3.8, 4) is 17.0 Å². The Labute approximate surface area is 102 Å². The minimum Gasteiger partial charge on any atom is -0.481 e. The van der Waals surface area contributed by atoms with Gasteiger partial charge in [-0.2, -0.15) is 5.10 Å². The van der Waals surface area contributed by atoms with Crippen LogP contribution in [0.1, 0.15) is 0 Å². The average molecular weight is 254 g/mol. The summed E-state index contributed by atoms with van der Waals surface area (Å²) >= 11 is 10.9. The third kappa shape index (κ3) is 2.20. The minimum absolute atomic E-state index is 0.361. The number of rotatable bonds is 2. The molecule has 2 heterocycles. The van der Waals surface area contributed by atoms with E-state index in [2.05, 4.69) is 15.2 Å². The van der Waals surface area contributed by atoms with Gasteiger partial charge in [-0.1, -0.05) is 23.8 Å². The molecule has 0 aliphatic heterocycles. The fraction of sp³-hybridized carbons (Fsp3) is 0.100. The van der Waals surface area contributed by atoms with E-state index in [4.69, 9.17) is 28.6 Å². The van der Waals surface area contributed by atoms with Crippen LogP contribution < -0.4 is 4.74 Å². The fourth-order valence-corrected chi connectivity index (χ4v) is 1.63. The number of nitrogens with zero attached hydrogens (tertiary/aromatic N) is 2. The number of methoxy groups -OCH3 is 1. The van der Waals surface area contributed by atoms with E-state index >= 15 is 0 Å². The molecule has 0 atom stereocenters. The summed E-state index contributed by atoms with van der Waals surface area (Å²) in [6, 6.07) is 5.32. The van der Waals surface area contributed by atoms with Crippen molar-refractivity contribution in [1.29, 1.82) is 0 Å². The van der Waals surface area contributed by atoms with Gasteiger partial charge in [0.25, 0.3) is 0 Å². The second kappa shape index (κ2) is 4.59. The molecule has 0 spiro atoms. The molecule has 0 radical (unpaired) electrons. The number of H-pyrrole nitrogens is 1. The molecule has 0 fully saturated rings. The second-order valence-electron chi connectivity index (χ2n) is 3.02. The zero-order valence-corrected chi connectivity index (χ0v) is 9.97. The van der Waals surface area contributed by atoms with Crippen LogP contribution in [0.2, 0.25) is 5.15 Å². The van der Waals surface area contributed by atoms with Crippen molar-refractivity contribution in [2.24, 2.45) is 0 Å². The monoisotopic (exact) mass is 253 g/mol. The SMILES string of the molecule is COc1ccc(-c2cc(Cl)n[nH]c2=S)cn1. The molecule has 1 N–H and O–H groups in total. The molecule has 0 aromatic carbocycles. The molecule has 2 aromatic heterocycles. The van der Waals surface area contributed by atoms with Crippen molar-refractivity contribution in [3.63, 3.8) is 0 Å². The lowest BCUT2D eigenvalue weighted by atomic mass is 10.1. The van der Waals surface area contributed by atoms with Crippen LogP contribution in [0.4, 0.5) is 0 Å². The van der Waals surface area contributed by atoms with Gasteiger partial charge in [-0.15, -0.1) is 0 Å². The Balaban J connectivity index is 2.50. The highest BCUT2D eigenvalue weighted by Crippen LogP contribution is 2.22. The van der Waals surface area contributed by atoms with Gasteiger partial charge in [0.15, 0.2) is 0 Å². The highest BCUT2D eigenvalue weighted by atomic mass is 35.5. The Kier molecular flexibility index (Phi) is 3.17. The Hall–Kier alpha value is -1.46. The average Bonchev–Trinajstić information content (AvgIpc) is 2.32. The van der Waals surface area contributed by atoms with Gasteiger partial charge < -0.3 is 4.74 Å². The van der Waals surface area contributed by atoms with Gasteiger partial charge in [-0.05, 0) is 12.1 Å². The molecule has 6 heteroatoms. The zero-order chi connectivity index (χ0) is 11.5. The molecule has 82 valence electrons. The maximum Gasteiger partial charge on any atom is 0.212 e. The van der Waals surface area contributed by atoms with Crippen molar-refractivity contribution in [2.75, 3.05) is 7.11 Å². The summed E-state index contributed by atoms with van der Waals surface area (Å²) in [4.78, 5) is 4.10. The largest absolute Gasteiger partial charge is 0.481 e. The van der Waals surface area contributed by atoms with Gasteiger partial charge in [0, 0.05) is 23.4 Å². The highest BCUT2D eigenvalue weighted by molar-refractivity contribution is 7.71. The Bertz CT molecular complexity index is 553. The second-order valence-corrected chi connectivity index (χ2v) is 3.82. The van der Waals surface area contributed by atoms with Crippen LogP contribution in [-0.4, -0.2) is 22.3 Å². The zero-order valence-electron chi connectivity index (χ0n) is 8.40. The van der Waals surface area contributed by atoms with Gasteiger partial charge in [-0.3, -0.25) is 5.10 Å². The first kappa shape index (κ1) is 11.0. The Morgan fingerprint density at radius 1 is 1.44 bits per heavy atom. The molecule has 16 heavy (non-hydrogen) atoms. The number of halogens is 1. The predicted molar refractivity (Wildman–Crippen MR) is 64.2 cm³/mol. The first-order valence-electron chi connectivity index (χ1n) is 4.46.